The lowest BCUT2D eigenvalue weighted by atomic mass is 10.2. The Morgan fingerprint density at radius 3 is 2.34 bits per heavy atom. The maximum Gasteiger partial charge on any atom is 0.446 e. The molecule has 32 heavy (non-hydrogen) atoms. The highest BCUT2D eigenvalue weighted by molar-refractivity contribution is 8.00. The van der Waals surface area contributed by atoms with Gasteiger partial charge < -0.3 is 0 Å². The van der Waals surface area contributed by atoms with Crippen molar-refractivity contribution >= 4 is 52.3 Å². The van der Waals surface area contributed by atoms with E-state index in [2.05, 4.69) is 11.6 Å². The summed E-state index contributed by atoms with van der Waals surface area (Å²) in [6, 6.07) is 11.5. The number of urea groups is 1. The molecule has 2 aromatic carbocycles. The summed E-state index contributed by atoms with van der Waals surface area (Å²) < 4.78 is 37.6. The second kappa shape index (κ2) is 8.61. The van der Waals surface area contributed by atoms with Crippen LogP contribution in [0, 0.1) is 0 Å². The molecular formula is C21H13ClF3N3O2S2. The van der Waals surface area contributed by atoms with Crippen LogP contribution in [-0.4, -0.2) is 27.3 Å². The van der Waals surface area contributed by atoms with Gasteiger partial charge in [-0.3, -0.25) is 9.69 Å². The number of thioether (sulfide) groups is 1. The first-order chi connectivity index (χ1) is 15.1. The highest BCUT2D eigenvalue weighted by atomic mass is 35.5. The van der Waals surface area contributed by atoms with Gasteiger partial charge in [-0.15, -0.1) is 11.3 Å². The summed E-state index contributed by atoms with van der Waals surface area (Å²) in [5, 5.41) is 3.11. The molecule has 0 saturated carbocycles. The molecule has 3 aromatic rings. The van der Waals surface area contributed by atoms with Gasteiger partial charge in [0, 0.05) is 20.9 Å². The summed E-state index contributed by atoms with van der Waals surface area (Å²) in [4.78, 5) is 32.1. The quantitative estimate of drug-likeness (QED) is 0.228. The molecule has 0 radical (unpaired) electrons. The molecule has 4 rings (SSSR count). The van der Waals surface area contributed by atoms with Crippen molar-refractivity contribution in [1.29, 1.82) is 0 Å². The molecule has 1 saturated heterocycles. The highest BCUT2D eigenvalue weighted by Crippen LogP contribution is 2.38. The topological polar surface area (TPSA) is 53.5 Å². The maximum absolute atomic E-state index is 12.9. The van der Waals surface area contributed by atoms with E-state index in [4.69, 9.17) is 11.6 Å². The molecule has 1 fully saturated rings. The lowest BCUT2D eigenvalue weighted by Crippen LogP contribution is -2.32. The Labute approximate surface area is 194 Å². The van der Waals surface area contributed by atoms with Crippen molar-refractivity contribution in [3.8, 4) is 10.6 Å². The molecule has 1 aliphatic heterocycles. The van der Waals surface area contributed by atoms with Crippen molar-refractivity contribution in [3.63, 3.8) is 0 Å². The van der Waals surface area contributed by atoms with Gasteiger partial charge in [0.1, 0.15) is 10.7 Å². The van der Waals surface area contributed by atoms with E-state index in [9.17, 15) is 22.8 Å². The summed E-state index contributed by atoms with van der Waals surface area (Å²) in [5.74, 6) is -0.639. The fourth-order valence-corrected chi connectivity index (χ4v) is 4.50. The Morgan fingerprint density at radius 2 is 1.72 bits per heavy atom. The summed E-state index contributed by atoms with van der Waals surface area (Å²) in [7, 11) is 0. The lowest BCUT2D eigenvalue weighted by Gasteiger charge is -2.16. The Morgan fingerprint density at radius 1 is 1.06 bits per heavy atom. The van der Waals surface area contributed by atoms with E-state index in [-0.39, 0.29) is 34.6 Å². The Bertz CT molecular complexity index is 1190. The summed E-state index contributed by atoms with van der Waals surface area (Å²) in [5.41, 5.74) is -2.86. The zero-order valence-electron chi connectivity index (χ0n) is 16.1. The number of halogens is 4. The van der Waals surface area contributed by atoms with Crippen LogP contribution in [-0.2, 0) is 11.3 Å². The van der Waals surface area contributed by atoms with E-state index in [0.29, 0.717) is 10.7 Å². The minimum absolute atomic E-state index is 0.0337. The maximum atomic E-state index is 12.9. The van der Waals surface area contributed by atoms with Crippen molar-refractivity contribution < 1.29 is 22.8 Å². The van der Waals surface area contributed by atoms with Crippen molar-refractivity contribution in [2.24, 2.45) is 0 Å². The van der Waals surface area contributed by atoms with E-state index in [1.165, 1.54) is 40.5 Å². The molecule has 3 amide bonds. The van der Waals surface area contributed by atoms with Crippen molar-refractivity contribution in [2.75, 3.05) is 4.90 Å². The second-order valence-electron chi connectivity index (χ2n) is 6.65. The van der Waals surface area contributed by atoms with E-state index >= 15 is 0 Å². The zero-order valence-corrected chi connectivity index (χ0v) is 18.5. The van der Waals surface area contributed by atoms with Crippen molar-refractivity contribution in [3.05, 3.63) is 76.9 Å². The number of alkyl halides is 3. The first-order valence-corrected chi connectivity index (χ1v) is 11.1. The van der Waals surface area contributed by atoms with Crippen LogP contribution in [0.15, 0.2) is 71.1 Å². The second-order valence-corrected chi connectivity index (χ2v) is 9.08. The van der Waals surface area contributed by atoms with E-state index in [0.717, 1.165) is 15.5 Å². The van der Waals surface area contributed by atoms with Crippen LogP contribution in [0.2, 0.25) is 5.02 Å². The largest absolute Gasteiger partial charge is 0.446 e. The Hall–Kier alpha value is -2.82. The van der Waals surface area contributed by atoms with Gasteiger partial charge in [-0.1, -0.05) is 30.3 Å². The number of aromatic nitrogens is 1. The molecule has 0 atom stereocenters. The number of nitrogens with zero attached hydrogens (tertiary/aromatic N) is 3. The number of benzene rings is 2. The van der Waals surface area contributed by atoms with E-state index < -0.39 is 17.4 Å². The van der Waals surface area contributed by atoms with Gasteiger partial charge in [-0.05, 0) is 48.2 Å². The predicted octanol–water partition coefficient (Wildman–Crippen LogP) is 6.56. The van der Waals surface area contributed by atoms with Gasteiger partial charge in [-0.25, -0.2) is 14.7 Å². The van der Waals surface area contributed by atoms with Gasteiger partial charge in [0.25, 0.3) is 5.91 Å². The molecule has 11 heteroatoms. The monoisotopic (exact) mass is 495 g/mol. The molecule has 0 spiro atoms. The van der Waals surface area contributed by atoms with Crippen LogP contribution in [0.1, 0.15) is 5.69 Å². The number of imide groups is 1. The number of carbonyl (C=O) groups is 2. The van der Waals surface area contributed by atoms with Gasteiger partial charge >= 0.3 is 11.5 Å². The van der Waals surface area contributed by atoms with E-state index in [1.807, 2.05) is 12.1 Å². The summed E-state index contributed by atoms with van der Waals surface area (Å²) in [6.45, 7) is 3.74. The fraction of sp³-hybridized carbons (Fsp3) is 0.0952. The number of anilines is 1. The Kier molecular flexibility index (Phi) is 6.02. The number of hydrogen-bond acceptors (Lipinski definition) is 5. The average Bonchev–Trinajstić information content (AvgIpc) is 3.28. The van der Waals surface area contributed by atoms with Crippen LogP contribution >= 0.6 is 34.7 Å². The first kappa shape index (κ1) is 22.4. The minimum Gasteiger partial charge on any atom is -0.283 e. The van der Waals surface area contributed by atoms with Gasteiger partial charge in [0.2, 0.25) is 0 Å². The van der Waals surface area contributed by atoms with Crippen LogP contribution in [0.4, 0.5) is 23.7 Å². The molecule has 0 bridgehead atoms. The number of thiazole rings is 1. The van der Waals surface area contributed by atoms with Gasteiger partial charge in [0.05, 0.1) is 17.9 Å². The van der Waals surface area contributed by atoms with Crippen LogP contribution in [0.25, 0.3) is 10.6 Å². The van der Waals surface area contributed by atoms with E-state index in [1.54, 1.807) is 17.5 Å². The zero-order chi connectivity index (χ0) is 23.0. The number of hydrogen-bond donors (Lipinski definition) is 0. The molecule has 2 heterocycles. The smallest absolute Gasteiger partial charge is 0.283 e. The molecule has 0 N–H and O–H groups in total. The third-order valence-corrected chi connectivity index (χ3v) is 6.42. The van der Waals surface area contributed by atoms with Crippen LogP contribution < -0.4 is 4.90 Å². The molecule has 164 valence electrons. The van der Waals surface area contributed by atoms with Gasteiger partial charge in [0.15, 0.2) is 0 Å². The molecular weight excluding hydrogens is 483 g/mol. The highest BCUT2D eigenvalue weighted by Gasteiger charge is 2.41. The normalized spacial score (nSPS) is 14.6. The van der Waals surface area contributed by atoms with Crippen LogP contribution in [0.5, 0.6) is 0 Å². The van der Waals surface area contributed by atoms with Crippen molar-refractivity contribution in [2.45, 2.75) is 16.9 Å². The number of amides is 3. The summed E-state index contributed by atoms with van der Waals surface area (Å²) in [6.07, 6.45) is 0. The molecule has 5 nitrogen and oxygen atoms in total. The first-order valence-electron chi connectivity index (χ1n) is 9.03. The SMILES string of the molecule is C=C1C(=O)N(c2ccc(SC(F)(F)F)cc2)C(=O)N1Cc1csc(-c2ccc(Cl)cc2)n1. The molecule has 1 aliphatic rings. The van der Waals surface area contributed by atoms with Crippen molar-refractivity contribution in [1.82, 2.24) is 9.88 Å². The standard InChI is InChI=1S/C21H13ClF3N3O2S2/c1-12-19(29)28(16-6-8-17(9-7-16)32-21(23,24)25)20(30)27(12)10-15-11-31-18(26-15)13-2-4-14(22)5-3-13/h2-9,11H,1,10H2. The predicted molar refractivity (Wildman–Crippen MR) is 118 cm³/mol. The lowest BCUT2D eigenvalue weighted by molar-refractivity contribution is -0.114. The summed E-state index contributed by atoms with van der Waals surface area (Å²) >= 11 is 7.02. The number of rotatable bonds is 5. The third-order valence-electron chi connectivity index (χ3n) is 4.49. The fourth-order valence-electron chi connectivity index (χ4n) is 3.02. The molecule has 1 aromatic heterocycles. The Balaban J connectivity index is 1.51. The van der Waals surface area contributed by atoms with Gasteiger partial charge in [-0.2, -0.15) is 13.2 Å². The molecule has 0 unspecified atom stereocenters. The number of carbonyl (C=O) groups excluding carboxylic acids is 2. The third kappa shape index (κ3) is 4.67. The van der Waals surface area contributed by atoms with Crippen LogP contribution in [0.3, 0.4) is 0 Å². The molecule has 0 aliphatic carbocycles. The average molecular weight is 496 g/mol. The minimum atomic E-state index is -4.43.